The van der Waals surface area contributed by atoms with Crippen LogP contribution < -0.4 is 11.1 Å². The van der Waals surface area contributed by atoms with E-state index in [0.717, 1.165) is 18.9 Å². The van der Waals surface area contributed by atoms with Crippen molar-refractivity contribution >= 4 is 30.7 Å². The molecule has 0 spiro atoms. The van der Waals surface area contributed by atoms with E-state index in [1.807, 2.05) is 6.92 Å². The first-order valence-electron chi connectivity index (χ1n) is 7.24. The second-order valence-corrected chi connectivity index (χ2v) is 5.99. The van der Waals surface area contributed by atoms with Crippen molar-refractivity contribution in [1.29, 1.82) is 0 Å². The Bertz CT molecular complexity index is 265. The Kier molecular flexibility index (Phi) is 12.9. The highest BCUT2D eigenvalue weighted by molar-refractivity contribution is 5.85. The molecule has 0 saturated carbocycles. The van der Waals surface area contributed by atoms with Crippen LogP contribution in [0, 0.1) is 5.92 Å². The molecule has 3 atom stereocenters. The second-order valence-electron chi connectivity index (χ2n) is 5.99. The van der Waals surface area contributed by atoms with Gasteiger partial charge in [-0.2, -0.15) is 0 Å². The van der Waals surface area contributed by atoms with Gasteiger partial charge in [-0.15, -0.1) is 24.8 Å². The maximum absolute atomic E-state index is 11.7. The maximum Gasteiger partial charge on any atom is 0.220 e. The van der Waals surface area contributed by atoms with Crippen LogP contribution in [0.5, 0.6) is 0 Å². The monoisotopic (exact) mass is 327 g/mol. The molecule has 1 rings (SSSR count). The molecule has 0 radical (unpaired) electrons. The van der Waals surface area contributed by atoms with Gasteiger partial charge in [-0.3, -0.25) is 4.79 Å². The van der Waals surface area contributed by atoms with Crippen LogP contribution in [0.25, 0.3) is 0 Å². The van der Waals surface area contributed by atoms with Gasteiger partial charge in [0.05, 0.1) is 0 Å². The Morgan fingerprint density at radius 3 is 2.60 bits per heavy atom. The summed E-state index contributed by atoms with van der Waals surface area (Å²) < 4.78 is 0. The normalized spacial score (nSPS) is 22.1. The van der Waals surface area contributed by atoms with E-state index in [0.29, 0.717) is 6.42 Å². The van der Waals surface area contributed by atoms with Crippen LogP contribution in [-0.4, -0.2) is 42.5 Å². The number of rotatable bonds is 6. The number of halogens is 2. The third kappa shape index (κ3) is 9.81. The number of nitrogens with one attached hydrogen (secondary N) is 1. The lowest BCUT2D eigenvalue weighted by Gasteiger charge is -2.32. The molecule has 0 aliphatic carbocycles. The summed E-state index contributed by atoms with van der Waals surface area (Å²) in [6.07, 6.45) is 3.93. The van der Waals surface area contributed by atoms with Gasteiger partial charge in [-0.05, 0) is 45.6 Å². The van der Waals surface area contributed by atoms with Crippen LogP contribution in [0.2, 0.25) is 0 Å². The van der Waals surface area contributed by atoms with Crippen molar-refractivity contribution in [3.8, 4) is 0 Å². The van der Waals surface area contributed by atoms with Gasteiger partial charge in [0.15, 0.2) is 0 Å². The van der Waals surface area contributed by atoms with Crippen LogP contribution in [-0.2, 0) is 4.79 Å². The average molecular weight is 328 g/mol. The summed E-state index contributed by atoms with van der Waals surface area (Å²) >= 11 is 0. The van der Waals surface area contributed by atoms with E-state index >= 15 is 0 Å². The fraction of sp³-hybridized carbons (Fsp3) is 0.929. The van der Waals surface area contributed by atoms with E-state index in [-0.39, 0.29) is 42.8 Å². The van der Waals surface area contributed by atoms with Gasteiger partial charge in [0, 0.05) is 31.6 Å². The molecule has 20 heavy (non-hydrogen) atoms. The first kappa shape index (κ1) is 22.3. The minimum absolute atomic E-state index is 0. The third-order valence-electron chi connectivity index (χ3n) is 3.51. The zero-order valence-corrected chi connectivity index (χ0v) is 14.6. The summed E-state index contributed by atoms with van der Waals surface area (Å²) in [4.78, 5) is 14.1. The second kappa shape index (κ2) is 11.6. The highest BCUT2D eigenvalue weighted by Crippen LogP contribution is 2.15. The van der Waals surface area contributed by atoms with Crippen molar-refractivity contribution in [2.75, 3.05) is 19.6 Å². The molecular formula is C14H31Cl2N3O. The lowest BCUT2D eigenvalue weighted by molar-refractivity contribution is -0.122. The molecule has 0 bridgehead atoms. The summed E-state index contributed by atoms with van der Waals surface area (Å²) in [6, 6.07) is 0.338. The lowest BCUT2D eigenvalue weighted by Crippen LogP contribution is -2.45. The van der Waals surface area contributed by atoms with Crippen molar-refractivity contribution in [1.82, 2.24) is 10.2 Å². The third-order valence-corrected chi connectivity index (χ3v) is 3.51. The molecule has 0 aromatic heterocycles. The fourth-order valence-corrected chi connectivity index (χ4v) is 2.59. The number of hydrogen-bond acceptors (Lipinski definition) is 3. The largest absolute Gasteiger partial charge is 0.352 e. The standard InChI is InChI=1S/C14H29N3O.2ClH/c1-11-5-4-8-17(9-11)10-13(3)16-14(18)7-6-12(2)15;;/h11-13H,4-10,15H2,1-3H3,(H,16,18);2*1H. The molecule has 6 heteroatoms. The van der Waals surface area contributed by atoms with Gasteiger partial charge >= 0.3 is 0 Å². The van der Waals surface area contributed by atoms with Gasteiger partial charge in [-0.1, -0.05) is 6.92 Å². The molecule has 0 aromatic carbocycles. The number of carbonyl (C=O) groups excluding carboxylic acids is 1. The SMILES string of the molecule is CC(N)CCC(=O)NC(C)CN1CCCC(C)C1.Cl.Cl. The van der Waals surface area contributed by atoms with Crippen LogP contribution >= 0.6 is 24.8 Å². The molecule has 3 N–H and O–H groups in total. The zero-order chi connectivity index (χ0) is 13.5. The first-order valence-corrected chi connectivity index (χ1v) is 7.24. The molecule has 0 aromatic rings. The Hall–Kier alpha value is -0.0300. The Balaban J connectivity index is 0. The zero-order valence-electron chi connectivity index (χ0n) is 12.9. The highest BCUT2D eigenvalue weighted by Gasteiger charge is 2.18. The van der Waals surface area contributed by atoms with E-state index in [9.17, 15) is 4.79 Å². The van der Waals surface area contributed by atoms with Crippen LogP contribution in [0.1, 0.15) is 46.5 Å². The van der Waals surface area contributed by atoms with Crippen molar-refractivity contribution in [3.63, 3.8) is 0 Å². The van der Waals surface area contributed by atoms with Crippen LogP contribution in [0.15, 0.2) is 0 Å². The Morgan fingerprint density at radius 1 is 1.40 bits per heavy atom. The molecular weight excluding hydrogens is 297 g/mol. The van der Waals surface area contributed by atoms with Crippen molar-refractivity contribution in [2.24, 2.45) is 11.7 Å². The summed E-state index contributed by atoms with van der Waals surface area (Å²) in [7, 11) is 0. The average Bonchev–Trinajstić information content (AvgIpc) is 2.26. The Labute approximate surface area is 136 Å². The number of amides is 1. The van der Waals surface area contributed by atoms with Crippen LogP contribution in [0.3, 0.4) is 0 Å². The molecule has 122 valence electrons. The highest BCUT2D eigenvalue weighted by atomic mass is 35.5. The van der Waals surface area contributed by atoms with Crippen molar-refractivity contribution < 1.29 is 4.79 Å². The molecule has 1 fully saturated rings. The number of nitrogens with two attached hydrogens (primary N) is 1. The number of nitrogens with zero attached hydrogens (tertiary/aromatic N) is 1. The van der Waals surface area contributed by atoms with Crippen molar-refractivity contribution in [2.45, 2.75) is 58.5 Å². The van der Waals surface area contributed by atoms with E-state index in [2.05, 4.69) is 24.1 Å². The molecule has 1 amide bonds. The predicted molar refractivity (Wildman–Crippen MR) is 89.8 cm³/mol. The van der Waals surface area contributed by atoms with E-state index < -0.39 is 0 Å². The summed E-state index contributed by atoms with van der Waals surface area (Å²) in [6.45, 7) is 9.63. The topological polar surface area (TPSA) is 58.4 Å². The van der Waals surface area contributed by atoms with Gasteiger partial charge in [0.25, 0.3) is 0 Å². The molecule has 1 heterocycles. The van der Waals surface area contributed by atoms with Gasteiger partial charge < -0.3 is 16.0 Å². The Morgan fingerprint density at radius 2 is 2.05 bits per heavy atom. The van der Waals surface area contributed by atoms with E-state index in [4.69, 9.17) is 5.73 Å². The number of piperidine rings is 1. The van der Waals surface area contributed by atoms with Crippen LogP contribution in [0.4, 0.5) is 0 Å². The first-order chi connectivity index (χ1) is 8.47. The quantitative estimate of drug-likeness (QED) is 0.786. The minimum atomic E-state index is 0. The predicted octanol–water partition coefficient (Wildman–Crippen LogP) is 2.19. The lowest BCUT2D eigenvalue weighted by atomic mass is 10.00. The van der Waals surface area contributed by atoms with Gasteiger partial charge in [-0.25, -0.2) is 0 Å². The maximum atomic E-state index is 11.7. The fourth-order valence-electron chi connectivity index (χ4n) is 2.59. The van der Waals surface area contributed by atoms with Crippen molar-refractivity contribution in [3.05, 3.63) is 0 Å². The molecule has 1 saturated heterocycles. The van der Waals surface area contributed by atoms with Gasteiger partial charge in [0.1, 0.15) is 0 Å². The number of carbonyl (C=O) groups is 1. The minimum Gasteiger partial charge on any atom is -0.352 e. The van der Waals surface area contributed by atoms with Gasteiger partial charge in [0.2, 0.25) is 5.91 Å². The summed E-state index contributed by atoms with van der Waals surface area (Å²) in [5, 5.41) is 3.06. The molecule has 4 nitrogen and oxygen atoms in total. The number of hydrogen-bond donors (Lipinski definition) is 2. The van der Waals surface area contributed by atoms with E-state index in [1.54, 1.807) is 0 Å². The molecule has 1 aliphatic heterocycles. The van der Waals surface area contributed by atoms with E-state index in [1.165, 1.54) is 25.9 Å². The molecule has 1 aliphatic rings. The summed E-state index contributed by atoms with van der Waals surface area (Å²) in [5.41, 5.74) is 5.65. The summed E-state index contributed by atoms with van der Waals surface area (Å²) in [5.74, 6) is 0.921. The number of likely N-dealkylation sites (tertiary alicyclic amines) is 1. The smallest absolute Gasteiger partial charge is 0.220 e. The molecule has 3 unspecified atom stereocenters.